The average Bonchev–Trinajstić information content (AvgIpc) is 2.52. The van der Waals surface area contributed by atoms with Gasteiger partial charge >= 0.3 is 0 Å². The molecule has 0 atom stereocenters. The maximum atomic E-state index is 5.95. The van der Waals surface area contributed by atoms with Crippen LogP contribution < -0.4 is 0 Å². The number of nitrogens with zero attached hydrogens (tertiary/aromatic N) is 1. The van der Waals surface area contributed by atoms with Crippen LogP contribution in [0.3, 0.4) is 0 Å². The van der Waals surface area contributed by atoms with Crippen molar-refractivity contribution < 1.29 is 0 Å². The van der Waals surface area contributed by atoms with Gasteiger partial charge in [-0.05, 0) is 36.8 Å². The Hall–Kier alpha value is -1.25. The third kappa shape index (κ3) is 1.30. The summed E-state index contributed by atoms with van der Waals surface area (Å²) in [6.45, 7) is 2.07. The lowest BCUT2D eigenvalue weighted by Gasteiger charge is -2.01. The number of aromatic amines is 1. The summed E-state index contributed by atoms with van der Waals surface area (Å²) in [7, 11) is 0. The summed E-state index contributed by atoms with van der Waals surface area (Å²) < 4.78 is 0. The molecule has 1 aliphatic heterocycles. The summed E-state index contributed by atoms with van der Waals surface area (Å²) >= 11 is 11.9. The molecule has 4 heteroatoms. The van der Waals surface area contributed by atoms with Gasteiger partial charge in [0.15, 0.2) is 0 Å². The van der Waals surface area contributed by atoms with Crippen LogP contribution >= 0.6 is 23.2 Å². The van der Waals surface area contributed by atoms with Crippen molar-refractivity contribution in [3.05, 3.63) is 40.1 Å². The molecule has 0 radical (unpaired) electrons. The topological polar surface area (TPSA) is 28.7 Å². The Bertz CT molecular complexity index is 658. The van der Waals surface area contributed by atoms with Gasteiger partial charge in [0.1, 0.15) is 10.3 Å². The molecule has 2 heterocycles. The summed E-state index contributed by atoms with van der Waals surface area (Å²) in [5, 5.41) is 2.20. The van der Waals surface area contributed by atoms with Gasteiger partial charge in [-0.1, -0.05) is 23.2 Å². The first-order chi connectivity index (χ1) is 7.66. The van der Waals surface area contributed by atoms with Gasteiger partial charge in [-0.15, -0.1) is 0 Å². The predicted molar refractivity (Wildman–Crippen MR) is 67.5 cm³/mol. The highest BCUT2D eigenvalue weighted by atomic mass is 35.5. The maximum Gasteiger partial charge on any atom is 0.129 e. The van der Waals surface area contributed by atoms with E-state index in [0.29, 0.717) is 10.3 Å². The van der Waals surface area contributed by atoms with Gasteiger partial charge in [0.2, 0.25) is 0 Å². The number of pyridine rings is 2. The molecule has 2 nitrogen and oxygen atoms in total. The van der Waals surface area contributed by atoms with E-state index in [0.717, 1.165) is 22.2 Å². The number of halogens is 2. The zero-order valence-corrected chi connectivity index (χ0v) is 10.0. The first-order valence-electron chi connectivity index (χ1n) is 4.90. The van der Waals surface area contributed by atoms with E-state index in [2.05, 4.69) is 16.9 Å². The van der Waals surface area contributed by atoms with E-state index in [4.69, 9.17) is 23.2 Å². The molecule has 3 rings (SSSR count). The van der Waals surface area contributed by atoms with E-state index in [1.54, 1.807) is 6.07 Å². The number of rotatable bonds is 0. The molecular weight excluding hydrogens is 243 g/mol. The largest absolute Gasteiger partial charge is 0.344 e. The van der Waals surface area contributed by atoms with Crippen molar-refractivity contribution in [2.45, 2.75) is 6.92 Å². The van der Waals surface area contributed by atoms with Gasteiger partial charge in [0.05, 0.1) is 11.2 Å². The Labute approximate surface area is 103 Å². The number of aromatic nitrogens is 2. The number of hydrogen-bond acceptors (Lipinski definition) is 1. The number of fused-ring (bicyclic) bond motifs is 3. The number of H-pyrrole nitrogens is 1. The van der Waals surface area contributed by atoms with E-state index in [1.807, 2.05) is 18.2 Å². The molecule has 2 aliphatic rings. The molecule has 0 spiro atoms. The van der Waals surface area contributed by atoms with Crippen molar-refractivity contribution in [2.24, 2.45) is 0 Å². The number of hydrogen-bond donors (Lipinski definition) is 1. The van der Waals surface area contributed by atoms with E-state index >= 15 is 0 Å². The molecule has 1 N–H and O–H groups in total. The Morgan fingerprint density at radius 3 is 2.75 bits per heavy atom. The lowest BCUT2D eigenvalue weighted by atomic mass is 10.1. The summed E-state index contributed by atoms with van der Waals surface area (Å²) in [4.78, 5) is 7.47. The third-order valence-corrected chi connectivity index (χ3v) is 3.25. The lowest BCUT2D eigenvalue weighted by molar-refractivity contribution is 1.32. The second kappa shape index (κ2) is 3.37. The van der Waals surface area contributed by atoms with Gasteiger partial charge in [0, 0.05) is 10.9 Å². The van der Waals surface area contributed by atoms with Gasteiger partial charge in [0.25, 0.3) is 0 Å². The van der Waals surface area contributed by atoms with Crippen LogP contribution in [0.1, 0.15) is 5.56 Å². The molecule has 0 bridgehead atoms. The smallest absolute Gasteiger partial charge is 0.129 e. The fraction of sp³-hybridized carbons (Fsp3) is 0.0833. The quantitative estimate of drug-likeness (QED) is 0.593. The Morgan fingerprint density at radius 2 is 1.94 bits per heavy atom. The highest BCUT2D eigenvalue weighted by Crippen LogP contribution is 2.37. The van der Waals surface area contributed by atoms with Gasteiger partial charge in [-0.3, -0.25) is 0 Å². The molecule has 80 valence electrons. The Morgan fingerprint density at radius 1 is 1.12 bits per heavy atom. The SMILES string of the molecule is Cc1c2ccc(Cl)[nH]c-2c2nc(Cl)ccc12. The molecule has 1 aliphatic carbocycles. The van der Waals surface area contributed by atoms with Gasteiger partial charge in [-0.2, -0.15) is 0 Å². The maximum absolute atomic E-state index is 5.95. The van der Waals surface area contributed by atoms with Crippen molar-refractivity contribution in [2.75, 3.05) is 0 Å². The van der Waals surface area contributed by atoms with Crippen LogP contribution in [0.25, 0.3) is 22.2 Å². The molecule has 0 unspecified atom stereocenters. The van der Waals surface area contributed by atoms with Gasteiger partial charge in [-0.25, -0.2) is 4.98 Å². The van der Waals surface area contributed by atoms with Crippen molar-refractivity contribution in [1.29, 1.82) is 0 Å². The minimum atomic E-state index is 0.493. The average molecular weight is 251 g/mol. The monoisotopic (exact) mass is 250 g/mol. The van der Waals surface area contributed by atoms with Crippen LogP contribution in [-0.4, -0.2) is 9.97 Å². The normalized spacial score (nSPS) is 11.4. The van der Waals surface area contributed by atoms with Crippen LogP contribution in [-0.2, 0) is 0 Å². The zero-order chi connectivity index (χ0) is 11.3. The second-order valence-electron chi connectivity index (χ2n) is 3.75. The minimum Gasteiger partial charge on any atom is -0.344 e. The van der Waals surface area contributed by atoms with E-state index in [-0.39, 0.29) is 0 Å². The van der Waals surface area contributed by atoms with Gasteiger partial charge < -0.3 is 4.98 Å². The molecular formula is C12H8Cl2N2. The summed E-state index contributed by atoms with van der Waals surface area (Å²) in [6, 6.07) is 7.63. The number of aryl methyl sites for hydroxylation is 1. The van der Waals surface area contributed by atoms with Crippen LogP contribution in [0, 0.1) is 6.92 Å². The van der Waals surface area contributed by atoms with Crippen LogP contribution in [0.2, 0.25) is 10.3 Å². The zero-order valence-electron chi connectivity index (χ0n) is 8.51. The first-order valence-corrected chi connectivity index (χ1v) is 5.65. The van der Waals surface area contributed by atoms with E-state index < -0.39 is 0 Å². The summed E-state index contributed by atoms with van der Waals surface area (Å²) in [6.07, 6.45) is 0. The van der Waals surface area contributed by atoms with Crippen LogP contribution in [0.15, 0.2) is 24.3 Å². The highest BCUT2D eigenvalue weighted by Gasteiger charge is 2.16. The molecule has 0 fully saturated rings. The van der Waals surface area contributed by atoms with Crippen molar-refractivity contribution in [1.82, 2.24) is 9.97 Å². The lowest BCUT2D eigenvalue weighted by Crippen LogP contribution is -1.84. The minimum absolute atomic E-state index is 0.493. The molecule has 0 aromatic carbocycles. The summed E-state index contributed by atoms with van der Waals surface area (Å²) in [5.74, 6) is 0. The van der Waals surface area contributed by atoms with Crippen LogP contribution in [0.5, 0.6) is 0 Å². The summed E-state index contributed by atoms with van der Waals surface area (Å²) in [5.41, 5.74) is 4.15. The fourth-order valence-corrected chi connectivity index (χ4v) is 2.35. The molecule has 1 aromatic rings. The van der Waals surface area contributed by atoms with Crippen molar-refractivity contribution in [3.8, 4) is 11.3 Å². The van der Waals surface area contributed by atoms with E-state index in [1.165, 1.54) is 5.56 Å². The predicted octanol–water partition coefficient (Wildman–Crippen LogP) is 4.28. The van der Waals surface area contributed by atoms with Crippen molar-refractivity contribution in [3.63, 3.8) is 0 Å². The Kier molecular flexibility index (Phi) is 2.09. The highest BCUT2D eigenvalue weighted by molar-refractivity contribution is 6.30. The molecule has 16 heavy (non-hydrogen) atoms. The molecule has 0 saturated heterocycles. The second-order valence-corrected chi connectivity index (χ2v) is 4.54. The van der Waals surface area contributed by atoms with E-state index in [9.17, 15) is 0 Å². The molecule has 0 saturated carbocycles. The third-order valence-electron chi connectivity index (χ3n) is 2.82. The first kappa shape index (κ1) is 9.94. The number of nitrogens with one attached hydrogen (secondary N) is 1. The van der Waals surface area contributed by atoms with Crippen LogP contribution in [0.4, 0.5) is 0 Å². The standard InChI is InChI=1S/C12H8Cl2N2/c1-6-7-2-4-9(13)15-11(7)12-8(6)3-5-10(14)16-12/h2-5,15H,1H3. The molecule has 1 aromatic heterocycles. The van der Waals surface area contributed by atoms with Crippen molar-refractivity contribution >= 4 is 34.1 Å². The molecule has 0 amide bonds. The Balaban J connectivity index is 2.54. The fourth-order valence-electron chi connectivity index (χ4n) is 2.04.